The molecular weight excluding hydrogens is 387 g/mol. The van der Waals surface area contributed by atoms with Gasteiger partial charge in [-0.15, -0.1) is 0 Å². The number of halogens is 1. The van der Waals surface area contributed by atoms with E-state index in [0.29, 0.717) is 17.7 Å². The summed E-state index contributed by atoms with van der Waals surface area (Å²) in [5, 5.41) is 9.23. The van der Waals surface area contributed by atoms with Crippen molar-refractivity contribution in [3.8, 4) is 5.75 Å². The van der Waals surface area contributed by atoms with E-state index in [1.807, 2.05) is 0 Å². The number of carboxylic acid groups (broad SMARTS) is 1. The molecule has 1 aromatic heterocycles. The highest BCUT2D eigenvalue weighted by atomic mass is 19.1. The molecule has 0 aliphatic carbocycles. The lowest BCUT2D eigenvalue weighted by Gasteiger charge is -2.21. The van der Waals surface area contributed by atoms with Gasteiger partial charge in [0.05, 0.1) is 12.7 Å². The molecule has 0 unspecified atom stereocenters. The Kier molecular flexibility index (Phi) is 6.75. The number of nitrogens with zero attached hydrogens (tertiary/aromatic N) is 2. The van der Waals surface area contributed by atoms with Crippen molar-refractivity contribution in [3.05, 3.63) is 95.1 Å². The standard InChI is InChI=1S/C23H21FN2O4/c1-30-21-4-2-3-17(12-21)14-26(15-22(27)28)23(29)18-7-10-20(25-13-18)11-16-5-8-19(24)9-6-16/h2-10,12-13H,11,14-15H2,1H3,(H,27,28). The molecule has 0 spiro atoms. The normalized spacial score (nSPS) is 10.5. The van der Waals surface area contributed by atoms with Crippen molar-refractivity contribution in [1.29, 1.82) is 0 Å². The summed E-state index contributed by atoms with van der Waals surface area (Å²) in [4.78, 5) is 29.7. The van der Waals surface area contributed by atoms with E-state index in [1.54, 1.807) is 55.6 Å². The summed E-state index contributed by atoms with van der Waals surface area (Å²) in [5.74, 6) is -1.21. The minimum absolute atomic E-state index is 0.125. The van der Waals surface area contributed by atoms with Crippen LogP contribution in [0.4, 0.5) is 4.39 Å². The Morgan fingerprint density at radius 1 is 1.07 bits per heavy atom. The van der Waals surface area contributed by atoms with Crippen LogP contribution < -0.4 is 4.74 Å². The number of hydrogen-bond donors (Lipinski definition) is 1. The van der Waals surface area contributed by atoms with E-state index < -0.39 is 18.4 Å². The van der Waals surface area contributed by atoms with Gasteiger partial charge in [0.25, 0.3) is 5.91 Å². The van der Waals surface area contributed by atoms with E-state index in [1.165, 1.54) is 23.2 Å². The fourth-order valence-corrected chi connectivity index (χ4v) is 3.00. The number of ether oxygens (including phenoxy) is 1. The predicted molar refractivity (Wildman–Crippen MR) is 109 cm³/mol. The molecule has 2 aromatic carbocycles. The Morgan fingerprint density at radius 2 is 1.83 bits per heavy atom. The van der Waals surface area contributed by atoms with Crippen molar-refractivity contribution in [2.24, 2.45) is 0 Å². The van der Waals surface area contributed by atoms with Crippen LogP contribution in [-0.2, 0) is 17.8 Å². The quantitative estimate of drug-likeness (QED) is 0.617. The number of benzene rings is 2. The predicted octanol–water partition coefficient (Wildman–Crippen LogP) is 3.55. The maximum Gasteiger partial charge on any atom is 0.323 e. The number of hydrogen-bond acceptors (Lipinski definition) is 4. The molecule has 1 amide bonds. The number of carbonyl (C=O) groups excluding carboxylic acids is 1. The van der Waals surface area contributed by atoms with E-state index >= 15 is 0 Å². The van der Waals surface area contributed by atoms with Crippen LogP contribution in [0.3, 0.4) is 0 Å². The molecule has 0 fully saturated rings. The van der Waals surface area contributed by atoms with Crippen LogP contribution in [0, 0.1) is 5.82 Å². The van der Waals surface area contributed by atoms with Crippen molar-refractivity contribution in [2.75, 3.05) is 13.7 Å². The van der Waals surface area contributed by atoms with Gasteiger partial charge in [0.2, 0.25) is 0 Å². The van der Waals surface area contributed by atoms with Crippen LogP contribution >= 0.6 is 0 Å². The number of carbonyl (C=O) groups is 2. The van der Waals surface area contributed by atoms with E-state index in [0.717, 1.165) is 16.8 Å². The number of pyridine rings is 1. The van der Waals surface area contributed by atoms with E-state index in [-0.39, 0.29) is 12.4 Å². The Bertz CT molecular complexity index is 1020. The van der Waals surface area contributed by atoms with Gasteiger partial charge in [-0.2, -0.15) is 0 Å². The fourth-order valence-electron chi connectivity index (χ4n) is 3.00. The number of carboxylic acids is 1. The fraction of sp³-hybridized carbons (Fsp3) is 0.174. The van der Waals surface area contributed by atoms with E-state index in [2.05, 4.69) is 4.98 Å². The van der Waals surface area contributed by atoms with Gasteiger partial charge >= 0.3 is 5.97 Å². The third-order valence-corrected chi connectivity index (χ3v) is 4.49. The maximum absolute atomic E-state index is 13.0. The summed E-state index contributed by atoms with van der Waals surface area (Å²) >= 11 is 0. The molecule has 7 heteroatoms. The van der Waals surface area contributed by atoms with Crippen LogP contribution in [0.2, 0.25) is 0 Å². The summed E-state index contributed by atoms with van der Waals surface area (Å²) in [7, 11) is 1.54. The van der Waals surface area contributed by atoms with Gasteiger partial charge in [0.1, 0.15) is 18.1 Å². The summed E-state index contributed by atoms with van der Waals surface area (Å²) < 4.78 is 18.2. The van der Waals surface area contributed by atoms with Gasteiger partial charge < -0.3 is 14.7 Å². The Labute approximate surface area is 173 Å². The average molecular weight is 408 g/mol. The zero-order valence-corrected chi connectivity index (χ0v) is 16.4. The van der Waals surface area contributed by atoms with Crippen LogP contribution in [-0.4, -0.2) is 40.5 Å². The first-order chi connectivity index (χ1) is 14.4. The molecule has 0 aliphatic heterocycles. The molecule has 1 heterocycles. The molecule has 1 N–H and O–H groups in total. The van der Waals surface area contributed by atoms with Gasteiger partial charge in [-0.1, -0.05) is 24.3 Å². The molecule has 0 atom stereocenters. The second-order valence-electron chi connectivity index (χ2n) is 6.75. The van der Waals surface area contributed by atoms with Crippen LogP contribution in [0.25, 0.3) is 0 Å². The maximum atomic E-state index is 13.0. The van der Waals surface area contributed by atoms with Crippen LogP contribution in [0.1, 0.15) is 27.2 Å². The number of aliphatic carboxylic acids is 1. The Balaban J connectivity index is 1.74. The van der Waals surface area contributed by atoms with Crippen molar-refractivity contribution in [3.63, 3.8) is 0 Å². The molecule has 30 heavy (non-hydrogen) atoms. The lowest BCUT2D eigenvalue weighted by atomic mass is 10.1. The highest BCUT2D eigenvalue weighted by Gasteiger charge is 2.19. The molecule has 3 rings (SSSR count). The van der Waals surface area contributed by atoms with Crippen molar-refractivity contribution in [2.45, 2.75) is 13.0 Å². The Hall–Kier alpha value is -3.74. The smallest absolute Gasteiger partial charge is 0.323 e. The third kappa shape index (κ3) is 5.64. The SMILES string of the molecule is COc1cccc(CN(CC(=O)O)C(=O)c2ccc(Cc3ccc(F)cc3)nc2)c1. The van der Waals surface area contributed by atoms with Crippen molar-refractivity contribution < 1.29 is 23.8 Å². The molecule has 3 aromatic rings. The molecule has 0 aliphatic rings. The van der Waals surface area contributed by atoms with Gasteiger partial charge in [-0.25, -0.2) is 4.39 Å². The van der Waals surface area contributed by atoms with Crippen molar-refractivity contribution >= 4 is 11.9 Å². The summed E-state index contributed by atoms with van der Waals surface area (Å²) in [5.41, 5.74) is 2.66. The Morgan fingerprint density at radius 3 is 2.47 bits per heavy atom. The van der Waals surface area contributed by atoms with Gasteiger partial charge in [0.15, 0.2) is 0 Å². The van der Waals surface area contributed by atoms with Crippen molar-refractivity contribution in [1.82, 2.24) is 9.88 Å². The molecule has 6 nitrogen and oxygen atoms in total. The lowest BCUT2D eigenvalue weighted by molar-refractivity contribution is -0.137. The molecule has 0 radical (unpaired) electrons. The number of amides is 1. The van der Waals surface area contributed by atoms with Gasteiger partial charge in [0, 0.05) is 24.9 Å². The second-order valence-corrected chi connectivity index (χ2v) is 6.75. The highest BCUT2D eigenvalue weighted by molar-refractivity contribution is 5.95. The topological polar surface area (TPSA) is 79.7 Å². The zero-order chi connectivity index (χ0) is 21.5. The number of methoxy groups -OCH3 is 1. The summed E-state index contributed by atoms with van der Waals surface area (Å²) in [6.45, 7) is -0.312. The van der Waals surface area contributed by atoms with Gasteiger partial charge in [-0.05, 0) is 47.5 Å². The van der Waals surface area contributed by atoms with E-state index in [4.69, 9.17) is 4.74 Å². The monoisotopic (exact) mass is 408 g/mol. The second kappa shape index (κ2) is 9.65. The molecule has 0 saturated heterocycles. The molecule has 0 bridgehead atoms. The first-order valence-electron chi connectivity index (χ1n) is 9.28. The summed E-state index contributed by atoms with van der Waals surface area (Å²) in [6, 6.07) is 16.6. The molecular formula is C23H21FN2O4. The minimum Gasteiger partial charge on any atom is -0.497 e. The molecule has 154 valence electrons. The van der Waals surface area contributed by atoms with E-state index in [9.17, 15) is 19.1 Å². The first kappa shape index (κ1) is 21.0. The highest BCUT2D eigenvalue weighted by Crippen LogP contribution is 2.16. The first-order valence-corrected chi connectivity index (χ1v) is 9.28. The third-order valence-electron chi connectivity index (χ3n) is 4.49. The summed E-state index contributed by atoms with van der Waals surface area (Å²) in [6.07, 6.45) is 1.93. The average Bonchev–Trinajstić information content (AvgIpc) is 2.75. The number of aromatic nitrogens is 1. The molecule has 0 saturated carbocycles. The largest absolute Gasteiger partial charge is 0.497 e. The van der Waals surface area contributed by atoms with Crippen LogP contribution in [0.15, 0.2) is 66.9 Å². The van der Waals surface area contributed by atoms with Gasteiger partial charge in [-0.3, -0.25) is 14.6 Å². The number of rotatable bonds is 8. The lowest BCUT2D eigenvalue weighted by Crippen LogP contribution is -2.35. The van der Waals surface area contributed by atoms with Crippen LogP contribution in [0.5, 0.6) is 5.75 Å². The zero-order valence-electron chi connectivity index (χ0n) is 16.4. The minimum atomic E-state index is -1.10.